The summed E-state index contributed by atoms with van der Waals surface area (Å²) in [5.74, 6) is -7.09. The van der Waals surface area contributed by atoms with Crippen molar-refractivity contribution in [1.29, 1.82) is 0 Å². The lowest BCUT2D eigenvalue weighted by Gasteiger charge is -2.17. The van der Waals surface area contributed by atoms with Crippen LogP contribution in [0.25, 0.3) is 0 Å². The molecule has 0 fully saturated rings. The summed E-state index contributed by atoms with van der Waals surface area (Å²) in [6, 6.07) is 12.0. The van der Waals surface area contributed by atoms with Crippen LogP contribution < -0.4 is 58.5 Å². The number of aromatic nitrogens is 11. The molecule has 0 saturated carbocycles. The highest BCUT2D eigenvalue weighted by molar-refractivity contribution is 6.10. The number of carbonyl (C=O) groups is 12. The first-order valence-electron chi connectivity index (χ1n) is 31.7. The molecule has 0 aliphatic rings. The lowest BCUT2D eigenvalue weighted by Crippen LogP contribution is -2.45. The number of rotatable bonds is 30. The maximum Gasteiger partial charge on any atom is 0.335 e. The van der Waals surface area contributed by atoms with E-state index in [4.69, 9.17) is 0 Å². The molecule has 1 atom stereocenters. The van der Waals surface area contributed by atoms with Gasteiger partial charge >= 0.3 is 5.97 Å². The van der Waals surface area contributed by atoms with Gasteiger partial charge in [0.05, 0.1) is 34.0 Å². The van der Waals surface area contributed by atoms with Crippen LogP contribution in [0.2, 0.25) is 0 Å². The van der Waals surface area contributed by atoms with Gasteiger partial charge in [0.1, 0.15) is 34.5 Å². The van der Waals surface area contributed by atoms with Crippen molar-refractivity contribution in [1.82, 2.24) is 77.7 Å². The predicted octanol–water partition coefficient (Wildman–Crippen LogP) is 2.93. The fourth-order valence-corrected chi connectivity index (χ4v) is 10.8. The molecule has 1 aromatic carbocycles. The zero-order valence-electron chi connectivity index (χ0n) is 57.3. The Bertz CT molecular complexity index is 4740. The number of imidazole rings is 3. The average Bonchev–Trinajstić information content (AvgIpc) is 1.68. The van der Waals surface area contributed by atoms with E-state index in [1.54, 1.807) is 84.6 Å². The van der Waals surface area contributed by atoms with Crippen molar-refractivity contribution < 1.29 is 62.6 Å². The average molecular weight is 1400 g/mol. The quantitative estimate of drug-likeness (QED) is 0.0288. The SMILES string of the molecule is CC(=O)N[C@H](CCNC(=O)c1cc(NC(=O)c2cc(NC(=O)c3nc(NC(=O)c4nccn4C)cn3C)cn2C)cn1C)C(=O)Nc1cn(C)c(C(=O)Nc2cc(C(=O)Nc3cc(C(=O)Nc4cc(C(=O)NCCCN(C)CCCNC(=O)c5cccc(C(=O)O)c5)n(C)c4)n(C)c3)n(C)c2)n1. The third-order valence-electron chi connectivity index (χ3n) is 15.9. The number of carboxylic acid groups (broad SMARTS) is 1. The number of aromatic carboxylic acids is 1. The van der Waals surface area contributed by atoms with E-state index in [-0.39, 0.29) is 111 Å². The number of hydrogen-bond acceptors (Lipinski definition) is 16. The molecule has 11 amide bonds. The van der Waals surface area contributed by atoms with E-state index in [0.717, 1.165) is 0 Å². The number of aryl methyl sites for hydroxylation is 8. The lowest BCUT2D eigenvalue weighted by molar-refractivity contribution is -0.125. The molecule has 8 aromatic heterocycles. The Morgan fingerprint density at radius 2 is 0.814 bits per heavy atom. The number of amides is 11. The van der Waals surface area contributed by atoms with Gasteiger partial charge in [0.15, 0.2) is 17.5 Å². The summed E-state index contributed by atoms with van der Waals surface area (Å²) in [6.45, 7) is 3.21. The summed E-state index contributed by atoms with van der Waals surface area (Å²) in [7, 11) is 14.7. The summed E-state index contributed by atoms with van der Waals surface area (Å²) in [5, 5.41) is 39.1. The van der Waals surface area contributed by atoms with Crippen molar-refractivity contribution >= 4 is 111 Å². The molecule has 12 N–H and O–H groups in total. The highest BCUT2D eigenvalue weighted by Gasteiger charge is 2.27. The van der Waals surface area contributed by atoms with Crippen LogP contribution in [0.5, 0.6) is 0 Å². The second kappa shape index (κ2) is 32.0. The molecule has 36 heteroatoms. The van der Waals surface area contributed by atoms with Gasteiger partial charge in [0.25, 0.3) is 53.2 Å². The molecule has 0 spiro atoms. The molecular weight excluding hydrogens is 1320 g/mol. The van der Waals surface area contributed by atoms with Gasteiger partial charge in [0, 0.05) is 144 Å². The molecule has 0 radical (unpaired) electrons. The van der Waals surface area contributed by atoms with Gasteiger partial charge in [-0.2, -0.15) is 0 Å². The largest absolute Gasteiger partial charge is 0.478 e. The molecule has 0 bridgehead atoms. The van der Waals surface area contributed by atoms with Crippen molar-refractivity contribution in [2.45, 2.75) is 32.2 Å². The van der Waals surface area contributed by atoms with E-state index >= 15 is 0 Å². The number of hydrogen-bond donors (Lipinski definition) is 12. The Morgan fingerprint density at radius 1 is 0.431 bits per heavy atom. The number of nitrogens with zero attached hydrogens (tertiary/aromatic N) is 12. The third-order valence-corrected chi connectivity index (χ3v) is 15.9. The van der Waals surface area contributed by atoms with Gasteiger partial charge in [-0.3, -0.25) is 52.7 Å². The van der Waals surface area contributed by atoms with Crippen LogP contribution in [0.15, 0.2) is 110 Å². The highest BCUT2D eigenvalue weighted by Crippen LogP contribution is 2.23. The van der Waals surface area contributed by atoms with Gasteiger partial charge in [-0.05, 0) is 87.9 Å². The number of nitrogens with one attached hydrogen (secondary N) is 11. The predicted molar refractivity (Wildman–Crippen MR) is 372 cm³/mol. The Morgan fingerprint density at radius 3 is 1.23 bits per heavy atom. The molecule has 102 heavy (non-hydrogen) atoms. The van der Waals surface area contributed by atoms with Crippen LogP contribution >= 0.6 is 0 Å². The van der Waals surface area contributed by atoms with Crippen molar-refractivity contribution in [3.63, 3.8) is 0 Å². The highest BCUT2D eigenvalue weighted by atomic mass is 16.4. The number of benzene rings is 1. The van der Waals surface area contributed by atoms with E-state index in [9.17, 15) is 62.6 Å². The van der Waals surface area contributed by atoms with Crippen molar-refractivity contribution in [2.75, 3.05) is 77.0 Å². The molecule has 0 aliphatic heterocycles. The van der Waals surface area contributed by atoms with Gasteiger partial charge in [0.2, 0.25) is 23.5 Å². The topological polar surface area (TPSA) is 439 Å². The first-order chi connectivity index (χ1) is 48.5. The van der Waals surface area contributed by atoms with Crippen LogP contribution in [-0.2, 0) is 66.0 Å². The van der Waals surface area contributed by atoms with Crippen molar-refractivity contribution in [3.8, 4) is 0 Å². The standard InChI is InChI=1S/C66H77N23O13/c1-37(90)71-45(16-19-70-59(94)47-26-41(31-84(47)5)73-61(96)49-28-44(34-86(49)7)76-65(100)55-78-52(36-89(55)10)80-63(98)53-67-20-23-82(53)3)57(92)79-51-35-88(9)54(77-51)64(99)75-43-29-50(87(8)33-43)62(97)74-42-27-48(85(6)32-42)60(95)72-40-25-46(83(4)30-40)58(93)69-18-13-22-81(2)21-12-17-68-56(91)38-14-11-15-39(24-38)66(101)102/h11,14-15,20,23-36,45H,12-13,16-19,21-22H2,1-10H3,(H,68,91)(H,69,93)(H,70,94)(H,71,90)(H,72,95)(H,73,96)(H,74,97)(H,75,99)(H,76,100)(H,79,92)(H,80,98)(H,101,102)/t45-/m1/s1. The molecule has 8 heterocycles. The molecule has 0 unspecified atom stereocenters. The Hall–Kier alpha value is -13.2. The molecule has 9 aromatic rings. The maximum atomic E-state index is 13.6. The van der Waals surface area contributed by atoms with E-state index in [1.807, 2.05) is 7.05 Å². The molecule has 9 rings (SSSR count). The van der Waals surface area contributed by atoms with Crippen LogP contribution in [0.1, 0.15) is 131 Å². The third kappa shape index (κ3) is 18.3. The fraction of sp³-hybridized carbons (Fsp3) is 0.288. The van der Waals surface area contributed by atoms with Gasteiger partial charge in [-0.15, -0.1) is 0 Å². The van der Waals surface area contributed by atoms with Gasteiger partial charge < -0.3 is 105 Å². The number of carbonyl (C=O) groups excluding carboxylic acids is 11. The second-order valence-electron chi connectivity index (χ2n) is 24.0. The molecule has 0 saturated heterocycles. The summed E-state index contributed by atoms with van der Waals surface area (Å²) >= 11 is 0. The smallest absolute Gasteiger partial charge is 0.335 e. The normalized spacial score (nSPS) is 11.3. The fourth-order valence-electron chi connectivity index (χ4n) is 10.8. The maximum absolute atomic E-state index is 13.6. The van der Waals surface area contributed by atoms with Gasteiger partial charge in [-0.1, -0.05) is 6.07 Å². The lowest BCUT2D eigenvalue weighted by atomic mass is 10.1. The van der Waals surface area contributed by atoms with Crippen LogP contribution in [0.3, 0.4) is 0 Å². The van der Waals surface area contributed by atoms with Crippen LogP contribution in [-0.4, -0.2) is 178 Å². The molecule has 36 nitrogen and oxygen atoms in total. The summed E-state index contributed by atoms with van der Waals surface area (Å²) in [6.07, 6.45) is 14.8. The van der Waals surface area contributed by atoms with Gasteiger partial charge in [-0.25, -0.2) is 19.7 Å². The zero-order valence-corrected chi connectivity index (χ0v) is 57.3. The molecule has 534 valence electrons. The summed E-state index contributed by atoms with van der Waals surface area (Å²) < 4.78 is 11.8. The minimum absolute atomic E-state index is 0.0273. The minimum Gasteiger partial charge on any atom is -0.478 e. The first-order valence-corrected chi connectivity index (χ1v) is 31.7. The zero-order chi connectivity index (χ0) is 73.8. The Labute approximate surface area is 582 Å². The summed E-state index contributed by atoms with van der Waals surface area (Å²) in [5.41, 5.74) is 2.59. The van der Waals surface area contributed by atoms with Crippen molar-refractivity contribution in [3.05, 3.63) is 167 Å². The van der Waals surface area contributed by atoms with Crippen LogP contribution in [0.4, 0.5) is 40.1 Å². The van der Waals surface area contributed by atoms with E-state index < -0.39 is 65.2 Å². The molecular formula is C66H77N23O13. The number of anilines is 7. The van der Waals surface area contributed by atoms with E-state index in [1.165, 1.54) is 126 Å². The Balaban J connectivity index is 0.697. The second-order valence-corrected chi connectivity index (χ2v) is 24.0. The number of carboxylic acids is 1. The monoisotopic (exact) mass is 1400 g/mol. The summed E-state index contributed by atoms with van der Waals surface area (Å²) in [4.78, 5) is 171. The molecule has 0 aliphatic carbocycles. The van der Waals surface area contributed by atoms with Crippen LogP contribution in [0, 0.1) is 0 Å². The van der Waals surface area contributed by atoms with E-state index in [2.05, 4.69) is 78.3 Å². The van der Waals surface area contributed by atoms with E-state index in [0.29, 0.717) is 50.4 Å². The minimum atomic E-state index is -1.18. The first kappa shape index (κ1) is 73.1. The Kier molecular flexibility index (Phi) is 23.0. The van der Waals surface area contributed by atoms with Crippen molar-refractivity contribution in [2.24, 2.45) is 56.4 Å².